The van der Waals surface area contributed by atoms with Crippen LogP contribution in [0.4, 0.5) is 0 Å². The molecule has 0 spiro atoms. The Hall–Kier alpha value is 1.04. The second kappa shape index (κ2) is 4.13. The van der Waals surface area contributed by atoms with Gasteiger partial charge in [-0.15, -0.1) is 0 Å². The molecule has 1 heterocycles. The third-order valence-electron chi connectivity index (χ3n) is 2.87. The summed E-state index contributed by atoms with van der Waals surface area (Å²) in [5.41, 5.74) is 1.01. The van der Waals surface area contributed by atoms with Crippen molar-refractivity contribution in [2.24, 2.45) is 10.8 Å². The molecule has 0 amide bonds. The van der Waals surface area contributed by atoms with Crippen LogP contribution in [0.15, 0.2) is 0 Å². The Bertz CT molecular complexity index is 173. The summed E-state index contributed by atoms with van der Waals surface area (Å²) in [5, 5.41) is 3.03. The maximum absolute atomic E-state index is 2.47. The first kappa shape index (κ1) is 13.1. The number of hydrogen-bond donors (Lipinski definition) is 0. The van der Waals surface area contributed by atoms with Crippen molar-refractivity contribution in [1.29, 1.82) is 0 Å². The van der Waals surface area contributed by atoms with Crippen LogP contribution in [0.1, 0.15) is 48.0 Å². The third-order valence-corrected chi connectivity index (χ3v) is 14.4. The molecule has 84 valence electrons. The van der Waals surface area contributed by atoms with Crippen LogP contribution in [0.3, 0.4) is 0 Å². The van der Waals surface area contributed by atoms with E-state index in [1.807, 2.05) is 0 Å². The fraction of sp³-hybridized carbons (Fsp3) is 1.00. The third kappa shape index (κ3) is 2.24. The van der Waals surface area contributed by atoms with Gasteiger partial charge in [-0.25, -0.2) is 0 Å². The zero-order chi connectivity index (χ0) is 11.0. The Labute approximate surface area is 102 Å². The van der Waals surface area contributed by atoms with Gasteiger partial charge in [0.25, 0.3) is 0 Å². The molecule has 1 rings (SSSR count). The fourth-order valence-electron chi connectivity index (χ4n) is 2.52. The van der Waals surface area contributed by atoms with Crippen molar-refractivity contribution in [2.45, 2.75) is 61.8 Å². The molecule has 1 aliphatic rings. The van der Waals surface area contributed by atoms with Crippen LogP contribution >= 0.6 is 0 Å². The van der Waals surface area contributed by atoms with Gasteiger partial charge in [0.1, 0.15) is 0 Å². The first-order chi connectivity index (χ1) is 6.21. The van der Waals surface area contributed by atoms with Gasteiger partial charge in [0, 0.05) is 0 Å². The summed E-state index contributed by atoms with van der Waals surface area (Å²) in [6.07, 6.45) is 1.51. The molecule has 0 aromatic carbocycles. The molecular weight excluding hydrogens is 302 g/mol. The van der Waals surface area contributed by atoms with E-state index >= 15 is 0 Å². The average Bonchev–Trinajstić information content (AvgIpc) is 2.02. The first-order valence-corrected chi connectivity index (χ1v) is 9.62. The van der Waals surface area contributed by atoms with Gasteiger partial charge in [-0.3, -0.25) is 0 Å². The minimum atomic E-state index is 0.506. The van der Waals surface area contributed by atoms with E-state index in [1.54, 1.807) is 0 Å². The van der Waals surface area contributed by atoms with Crippen LogP contribution in [-0.4, -0.2) is 29.9 Å². The van der Waals surface area contributed by atoms with Crippen LogP contribution in [-0.2, 0) is 0 Å². The summed E-state index contributed by atoms with van der Waals surface area (Å²) in [4.78, 5) is 0. The number of rotatable bonds is 0. The molecule has 0 nitrogen and oxygen atoms in total. The molecule has 14 heavy (non-hydrogen) atoms. The number of hydrogen-bond acceptors (Lipinski definition) is 0. The van der Waals surface area contributed by atoms with Gasteiger partial charge in [-0.1, -0.05) is 0 Å². The van der Waals surface area contributed by atoms with Gasteiger partial charge in [-0.2, -0.15) is 0 Å². The van der Waals surface area contributed by atoms with Gasteiger partial charge in [0.2, 0.25) is 0 Å². The van der Waals surface area contributed by atoms with E-state index in [4.69, 9.17) is 0 Å². The summed E-state index contributed by atoms with van der Waals surface area (Å²) in [6.45, 7) is 14.8. The van der Waals surface area contributed by atoms with E-state index in [2.05, 4.69) is 41.5 Å². The first-order valence-electron chi connectivity index (χ1n) is 5.49. The van der Waals surface area contributed by atoms with E-state index < -0.39 is 0 Å². The van der Waals surface area contributed by atoms with Crippen LogP contribution < -0.4 is 0 Å². The van der Waals surface area contributed by atoms with Crippen LogP contribution in [0.2, 0.25) is 13.9 Å². The normalized spacial score (nSPS) is 23.6. The molecule has 1 fully saturated rings. The zero-order valence-corrected chi connectivity index (χ0v) is 13.9. The molecule has 0 saturated carbocycles. The van der Waals surface area contributed by atoms with Gasteiger partial charge in [0.15, 0.2) is 0 Å². The second-order valence-corrected chi connectivity index (χ2v) is 13.0. The van der Waals surface area contributed by atoms with Crippen LogP contribution in [0.25, 0.3) is 0 Å². The Balaban J connectivity index is 3.01. The summed E-state index contributed by atoms with van der Waals surface area (Å²) in [5.74, 6) is 0. The summed E-state index contributed by atoms with van der Waals surface area (Å²) >= 11 is 1.73. The van der Waals surface area contributed by atoms with Gasteiger partial charge in [-0.05, 0) is 0 Å². The van der Waals surface area contributed by atoms with Crippen molar-refractivity contribution in [3.8, 4) is 0 Å². The second-order valence-electron chi connectivity index (χ2n) is 6.17. The molecule has 0 unspecified atom stereocenters. The molecule has 0 atom stereocenters. The van der Waals surface area contributed by atoms with Gasteiger partial charge < -0.3 is 0 Å². The summed E-state index contributed by atoms with van der Waals surface area (Å²) in [7, 11) is 0. The van der Waals surface area contributed by atoms with E-state index in [1.165, 1.54) is 17.1 Å². The SMILES string of the molecule is CC(C)(C)C1(C(C)(C)C)[Se]CCC[Se]1. The Morgan fingerprint density at radius 3 is 1.36 bits per heavy atom. The summed E-state index contributed by atoms with van der Waals surface area (Å²) < 4.78 is 0.679. The van der Waals surface area contributed by atoms with E-state index in [-0.39, 0.29) is 0 Å². The Morgan fingerprint density at radius 2 is 1.14 bits per heavy atom. The van der Waals surface area contributed by atoms with Crippen molar-refractivity contribution in [2.75, 3.05) is 0 Å². The van der Waals surface area contributed by atoms with Crippen LogP contribution in [0, 0.1) is 10.8 Å². The average molecular weight is 326 g/mol. The van der Waals surface area contributed by atoms with Gasteiger partial charge in [0.05, 0.1) is 0 Å². The fourth-order valence-corrected chi connectivity index (χ4v) is 12.4. The Morgan fingerprint density at radius 1 is 0.786 bits per heavy atom. The minimum absolute atomic E-state index is 0.506. The van der Waals surface area contributed by atoms with Crippen molar-refractivity contribution in [3.05, 3.63) is 0 Å². The predicted octanol–water partition coefficient (Wildman–Crippen LogP) is 3.84. The quantitative estimate of drug-likeness (QED) is 0.593. The van der Waals surface area contributed by atoms with E-state index in [9.17, 15) is 0 Å². The molecule has 0 bridgehead atoms. The summed E-state index contributed by atoms with van der Waals surface area (Å²) in [6, 6.07) is 0. The zero-order valence-electron chi connectivity index (χ0n) is 10.4. The van der Waals surface area contributed by atoms with Crippen LogP contribution in [0.5, 0.6) is 0 Å². The Kier molecular flexibility index (Phi) is 3.87. The van der Waals surface area contributed by atoms with Crippen molar-refractivity contribution in [3.63, 3.8) is 0 Å². The maximum atomic E-state index is 2.47. The molecule has 0 N–H and O–H groups in total. The monoisotopic (exact) mass is 328 g/mol. The van der Waals surface area contributed by atoms with Gasteiger partial charge >= 0.3 is 103 Å². The molecule has 0 aromatic rings. The predicted molar refractivity (Wildman–Crippen MR) is 67.3 cm³/mol. The van der Waals surface area contributed by atoms with Crippen molar-refractivity contribution >= 4 is 29.9 Å². The molecule has 2 heteroatoms. The molecular formula is C12H24Se2. The molecule has 0 aromatic heterocycles. The van der Waals surface area contributed by atoms with Crippen molar-refractivity contribution in [1.82, 2.24) is 0 Å². The topological polar surface area (TPSA) is 0 Å². The standard InChI is InChI=1S/C12H24Se2/c1-10(2,3)12(11(4,5)6)13-8-7-9-14-12/h7-9H2,1-6H3. The molecule has 0 aliphatic carbocycles. The van der Waals surface area contributed by atoms with E-state index in [0.717, 1.165) is 29.9 Å². The van der Waals surface area contributed by atoms with Crippen molar-refractivity contribution < 1.29 is 0 Å². The molecule has 1 saturated heterocycles. The van der Waals surface area contributed by atoms with E-state index in [0.29, 0.717) is 14.0 Å². The molecule has 0 radical (unpaired) electrons. The molecule has 1 aliphatic heterocycles.